The molecule has 1 aromatic carbocycles. The van der Waals surface area contributed by atoms with E-state index in [0.717, 1.165) is 30.9 Å². The first-order valence-electron chi connectivity index (χ1n) is 6.99. The van der Waals surface area contributed by atoms with Crippen LogP contribution >= 0.6 is 0 Å². The maximum absolute atomic E-state index is 11.9. The molecule has 0 bridgehead atoms. The van der Waals surface area contributed by atoms with Crippen LogP contribution in [0.4, 0.5) is 0 Å². The van der Waals surface area contributed by atoms with E-state index in [9.17, 15) is 14.7 Å². The van der Waals surface area contributed by atoms with Crippen LogP contribution in [0.25, 0.3) is 10.9 Å². The average molecular weight is 295 g/mol. The van der Waals surface area contributed by atoms with E-state index in [-0.39, 0.29) is 40.7 Å². The number of carboxylic acid groups (broad SMARTS) is 1. The smallest absolute Gasteiger partial charge is 0.543 e. The normalized spacial score (nSPS) is 10.3. The number of H-pyrrole nitrogens is 1. The van der Waals surface area contributed by atoms with Crippen molar-refractivity contribution in [1.29, 1.82) is 0 Å². The Morgan fingerprint density at radius 2 is 2.00 bits per heavy atom. The van der Waals surface area contributed by atoms with E-state index in [2.05, 4.69) is 11.9 Å². The Morgan fingerprint density at radius 1 is 1.24 bits per heavy atom. The van der Waals surface area contributed by atoms with E-state index in [1.54, 1.807) is 6.07 Å². The standard InChI is InChI=1S/C16H19NO3.Na/c1-2-3-4-5-7-11-8-6-9-12-14(18)10-13(16(19)20)17-15(11)12;/h6,8-10H,2-5,7H2,1H3,(H,17,18)(H,19,20);/q;+1/p-1. The van der Waals surface area contributed by atoms with E-state index in [1.807, 2.05) is 12.1 Å². The Hall–Kier alpha value is -1.10. The van der Waals surface area contributed by atoms with Gasteiger partial charge in [-0.05, 0) is 24.5 Å². The summed E-state index contributed by atoms with van der Waals surface area (Å²) < 4.78 is 0. The van der Waals surface area contributed by atoms with Crippen molar-refractivity contribution >= 4 is 16.9 Å². The molecule has 2 aromatic rings. The number of hydrogen-bond donors (Lipinski definition) is 1. The van der Waals surface area contributed by atoms with Crippen molar-refractivity contribution in [3.05, 3.63) is 45.7 Å². The second-order valence-electron chi connectivity index (χ2n) is 4.99. The Labute approximate surface area is 145 Å². The van der Waals surface area contributed by atoms with Crippen LogP contribution in [0.15, 0.2) is 29.1 Å². The van der Waals surface area contributed by atoms with Gasteiger partial charge in [-0.15, -0.1) is 0 Å². The summed E-state index contributed by atoms with van der Waals surface area (Å²) in [4.78, 5) is 25.7. The van der Waals surface area contributed by atoms with Gasteiger partial charge in [-0.2, -0.15) is 0 Å². The van der Waals surface area contributed by atoms with Crippen molar-refractivity contribution in [3.63, 3.8) is 0 Å². The first kappa shape index (κ1) is 18.0. The number of carboxylic acids is 1. The minimum atomic E-state index is -1.36. The van der Waals surface area contributed by atoms with Crippen molar-refractivity contribution in [2.45, 2.75) is 39.0 Å². The van der Waals surface area contributed by atoms with E-state index >= 15 is 0 Å². The summed E-state index contributed by atoms with van der Waals surface area (Å²) in [5, 5.41) is 11.5. The summed E-state index contributed by atoms with van der Waals surface area (Å²) in [7, 11) is 0. The van der Waals surface area contributed by atoms with Crippen LogP contribution in [-0.4, -0.2) is 11.0 Å². The van der Waals surface area contributed by atoms with Gasteiger partial charge in [0.25, 0.3) is 0 Å². The Balaban J connectivity index is 0.00000220. The number of carbonyl (C=O) groups excluding carboxylic acids is 1. The van der Waals surface area contributed by atoms with Crippen LogP contribution in [0.5, 0.6) is 0 Å². The minimum absolute atomic E-state index is 0. The summed E-state index contributed by atoms with van der Waals surface area (Å²) in [6.07, 6.45) is 5.36. The number of benzene rings is 1. The van der Waals surface area contributed by atoms with E-state index in [1.165, 1.54) is 12.8 Å². The summed E-state index contributed by atoms with van der Waals surface area (Å²) >= 11 is 0. The Kier molecular flexibility index (Phi) is 7.15. The molecule has 0 atom stereocenters. The average Bonchev–Trinajstić information content (AvgIpc) is 2.43. The molecule has 0 aliphatic carbocycles. The van der Waals surface area contributed by atoms with Crippen LogP contribution in [0, 0.1) is 0 Å². The zero-order valence-electron chi connectivity index (χ0n) is 12.6. The molecule has 0 radical (unpaired) electrons. The molecule has 106 valence electrons. The molecule has 0 saturated carbocycles. The summed E-state index contributed by atoms with van der Waals surface area (Å²) in [5.41, 5.74) is 1.16. The molecule has 0 saturated heterocycles. The number of unbranched alkanes of at least 4 members (excludes halogenated alkanes) is 3. The van der Waals surface area contributed by atoms with Gasteiger partial charge >= 0.3 is 29.6 Å². The fraction of sp³-hybridized carbons (Fsp3) is 0.375. The Morgan fingerprint density at radius 3 is 2.67 bits per heavy atom. The number of carbonyl (C=O) groups is 1. The van der Waals surface area contributed by atoms with Crippen molar-refractivity contribution < 1.29 is 39.5 Å². The first-order chi connectivity index (χ1) is 9.63. The second kappa shape index (κ2) is 8.37. The van der Waals surface area contributed by atoms with Crippen LogP contribution in [-0.2, 0) is 6.42 Å². The molecular weight excluding hydrogens is 277 g/mol. The molecule has 21 heavy (non-hydrogen) atoms. The zero-order chi connectivity index (χ0) is 14.5. The topological polar surface area (TPSA) is 73.0 Å². The number of aromatic amines is 1. The molecule has 2 rings (SSSR count). The van der Waals surface area contributed by atoms with Gasteiger partial charge in [0, 0.05) is 11.5 Å². The minimum Gasteiger partial charge on any atom is -0.543 e. The van der Waals surface area contributed by atoms with Gasteiger partial charge < -0.3 is 14.9 Å². The number of hydrogen-bond acceptors (Lipinski definition) is 3. The van der Waals surface area contributed by atoms with E-state index < -0.39 is 5.97 Å². The molecule has 1 heterocycles. The molecule has 1 aromatic heterocycles. The van der Waals surface area contributed by atoms with Gasteiger partial charge in [-0.25, -0.2) is 0 Å². The number of rotatable bonds is 6. The van der Waals surface area contributed by atoms with Gasteiger partial charge in [0.1, 0.15) is 0 Å². The molecule has 0 unspecified atom stereocenters. The summed E-state index contributed by atoms with van der Waals surface area (Å²) in [6, 6.07) is 6.57. The molecule has 1 N–H and O–H groups in total. The van der Waals surface area contributed by atoms with Gasteiger partial charge in [-0.3, -0.25) is 4.79 Å². The first-order valence-corrected chi connectivity index (χ1v) is 6.99. The van der Waals surface area contributed by atoms with Crippen LogP contribution in [0.1, 0.15) is 48.7 Å². The van der Waals surface area contributed by atoms with Gasteiger partial charge in [0.05, 0.1) is 17.2 Å². The third-order valence-electron chi connectivity index (χ3n) is 3.47. The number of pyridine rings is 1. The number of para-hydroxylation sites is 1. The van der Waals surface area contributed by atoms with Crippen molar-refractivity contribution in [1.82, 2.24) is 4.98 Å². The van der Waals surface area contributed by atoms with E-state index in [0.29, 0.717) is 10.9 Å². The van der Waals surface area contributed by atoms with Gasteiger partial charge in [-0.1, -0.05) is 38.3 Å². The molecule has 0 fully saturated rings. The second-order valence-corrected chi connectivity index (χ2v) is 4.99. The van der Waals surface area contributed by atoms with E-state index in [4.69, 9.17) is 0 Å². The number of aromatic carboxylic acids is 1. The molecule has 5 heteroatoms. The van der Waals surface area contributed by atoms with Crippen molar-refractivity contribution in [2.75, 3.05) is 0 Å². The third-order valence-corrected chi connectivity index (χ3v) is 3.47. The predicted molar refractivity (Wildman–Crippen MR) is 76.7 cm³/mol. The zero-order valence-corrected chi connectivity index (χ0v) is 14.6. The largest absolute Gasteiger partial charge is 1.00 e. The van der Waals surface area contributed by atoms with Crippen LogP contribution in [0.3, 0.4) is 0 Å². The van der Waals surface area contributed by atoms with Gasteiger partial charge in [0.2, 0.25) is 0 Å². The number of aryl methyl sites for hydroxylation is 1. The Bertz CT molecular complexity index is 679. The molecule has 4 nitrogen and oxygen atoms in total. The fourth-order valence-corrected chi connectivity index (χ4v) is 2.39. The van der Waals surface area contributed by atoms with Crippen LogP contribution < -0.4 is 40.1 Å². The summed E-state index contributed by atoms with van der Waals surface area (Å²) in [5.74, 6) is -1.36. The molecule has 0 amide bonds. The van der Waals surface area contributed by atoms with Crippen LogP contribution in [0.2, 0.25) is 0 Å². The number of nitrogens with one attached hydrogen (secondary N) is 1. The molecule has 0 aliphatic rings. The third kappa shape index (κ3) is 4.43. The van der Waals surface area contributed by atoms with Gasteiger partial charge in [0.15, 0.2) is 5.43 Å². The summed E-state index contributed by atoms with van der Waals surface area (Å²) in [6.45, 7) is 2.15. The molecular formula is C16H18NNaO3. The molecule has 0 aliphatic heterocycles. The predicted octanol–water partition coefficient (Wildman–Crippen LogP) is -0.982. The quantitative estimate of drug-likeness (QED) is 0.550. The fourth-order valence-electron chi connectivity index (χ4n) is 2.39. The maximum atomic E-state index is 11.9. The number of aromatic nitrogens is 1. The molecule has 0 spiro atoms. The monoisotopic (exact) mass is 295 g/mol. The van der Waals surface area contributed by atoms with Crippen molar-refractivity contribution in [2.24, 2.45) is 0 Å². The maximum Gasteiger partial charge on any atom is 1.00 e. The number of fused-ring (bicyclic) bond motifs is 1. The van der Waals surface area contributed by atoms with Crippen molar-refractivity contribution in [3.8, 4) is 0 Å². The SMILES string of the molecule is CCCCCCc1cccc2c(=O)cc(C(=O)[O-])[nH]c12.[Na+].